The third kappa shape index (κ3) is 10.8. The largest absolute Gasteiger partial charge is 0.508 e. The van der Waals surface area contributed by atoms with Crippen molar-refractivity contribution in [3.63, 3.8) is 0 Å². The zero-order valence-electron chi connectivity index (χ0n) is 26.9. The molecule has 244 valence electrons. The van der Waals surface area contributed by atoms with Gasteiger partial charge in [0.1, 0.15) is 30.5 Å². The van der Waals surface area contributed by atoms with Gasteiger partial charge in [0.05, 0.1) is 11.3 Å². The van der Waals surface area contributed by atoms with E-state index in [1.54, 1.807) is 65.8 Å². The Morgan fingerprint density at radius 1 is 0.826 bits per heavy atom. The molecule has 0 aliphatic carbocycles. The highest BCUT2D eigenvalue weighted by atomic mass is 16.6. The van der Waals surface area contributed by atoms with Crippen molar-refractivity contribution in [2.75, 3.05) is 11.9 Å². The SMILES string of the molecule is CC(C)(C)OC(=O)N[C@@H](Cc1ccc(O)cc1C(=O)C(C)(C)C)C(=O)Nc1ccccc1C(=O)NCC(=O)OCc1ccccc1. The number of carbonyl (C=O) groups excluding carboxylic acids is 5. The molecule has 0 aromatic heterocycles. The molecule has 0 saturated carbocycles. The smallest absolute Gasteiger partial charge is 0.408 e. The van der Waals surface area contributed by atoms with Gasteiger partial charge in [-0.2, -0.15) is 0 Å². The Labute approximate surface area is 268 Å². The number of phenolic OH excluding ortho intramolecular Hbond substituents is 1. The molecular formula is C35H41N3O8. The Hall–Kier alpha value is -5.19. The number of nitrogens with one attached hydrogen (secondary N) is 3. The van der Waals surface area contributed by atoms with E-state index >= 15 is 0 Å². The molecule has 46 heavy (non-hydrogen) atoms. The lowest BCUT2D eigenvalue weighted by molar-refractivity contribution is -0.143. The van der Waals surface area contributed by atoms with Crippen LogP contribution in [0.1, 0.15) is 73.4 Å². The van der Waals surface area contributed by atoms with Gasteiger partial charge in [-0.05, 0) is 56.2 Å². The van der Waals surface area contributed by atoms with Gasteiger partial charge in [0.25, 0.3) is 5.91 Å². The van der Waals surface area contributed by atoms with Crippen LogP contribution in [0.2, 0.25) is 0 Å². The number of esters is 1. The normalized spacial score (nSPS) is 12.0. The van der Waals surface area contributed by atoms with Crippen molar-refractivity contribution in [1.82, 2.24) is 10.6 Å². The number of aromatic hydroxyl groups is 1. The average Bonchev–Trinajstić information content (AvgIpc) is 2.98. The molecule has 3 amide bonds. The summed E-state index contributed by atoms with van der Waals surface area (Å²) in [5.74, 6) is -2.37. The van der Waals surface area contributed by atoms with Crippen LogP contribution in [0.25, 0.3) is 0 Å². The molecule has 0 bridgehead atoms. The van der Waals surface area contributed by atoms with E-state index < -0.39 is 47.5 Å². The highest BCUT2D eigenvalue weighted by molar-refractivity contribution is 6.06. The molecule has 0 aliphatic rings. The van der Waals surface area contributed by atoms with E-state index in [2.05, 4.69) is 16.0 Å². The van der Waals surface area contributed by atoms with E-state index in [0.717, 1.165) is 5.56 Å². The minimum Gasteiger partial charge on any atom is -0.508 e. The number of anilines is 1. The van der Waals surface area contributed by atoms with Gasteiger partial charge in [0.2, 0.25) is 5.91 Å². The van der Waals surface area contributed by atoms with Gasteiger partial charge in [0.15, 0.2) is 5.78 Å². The van der Waals surface area contributed by atoms with Crippen LogP contribution in [0.3, 0.4) is 0 Å². The van der Waals surface area contributed by atoms with Gasteiger partial charge >= 0.3 is 12.1 Å². The van der Waals surface area contributed by atoms with E-state index in [0.29, 0.717) is 5.56 Å². The third-order valence-corrected chi connectivity index (χ3v) is 6.52. The van der Waals surface area contributed by atoms with Crippen molar-refractivity contribution >= 4 is 35.3 Å². The van der Waals surface area contributed by atoms with Gasteiger partial charge in [-0.3, -0.25) is 19.2 Å². The second-order valence-electron chi connectivity index (χ2n) is 12.7. The molecule has 4 N–H and O–H groups in total. The van der Waals surface area contributed by atoms with E-state index in [4.69, 9.17) is 9.47 Å². The predicted molar refractivity (Wildman–Crippen MR) is 172 cm³/mol. The molecule has 0 radical (unpaired) electrons. The van der Waals surface area contributed by atoms with Gasteiger partial charge in [0, 0.05) is 17.4 Å². The Kier molecular flexibility index (Phi) is 11.7. The zero-order valence-corrected chi connectivity index (χ0v) is 26.9. The Morgan fingerprint density at radius 2 is 1.48 bits per heavy atom. The van der Waals surface area contributed by atoms with Crippen molar-refractivity contribution in [3.05, 3.63) is 95.1 Å². The quantitative estimate of drug-likeness (QED) is 0.167. The van der Waals surface area contributed by atoms with Crippen LogP contribution in [-0.2, 0) is 32.1 Å². The zero-order chi connectivity index (χ0) is 34.1. The Balaban J connectivity index is 1.80. The molecule has 0 spiro atoms. The van der Waals surface area contributed by atoms with E-state index in [1.807, 2.05) is 18.2 Å². The first-order valence-electron chi connectivity index (χ1n) is 14.8. The highest BCUT2D eigenvalue weighted by Crippen LogP contribution is 2.27. The van der Waals surface area contributed by atoms with Crippen LogP contribution in [0.4, 0.5) is 10.5 Å². The first kappa shape index (κ1) is 35.3. The van der Waals surface area contributed by atoms with Gasteiger partial charge < -0.3 is 30.5 Å². The first-order chi connectivity index (χ1) is 21.5. The molecule has 1 atom stereocenters. The van der Waals surface area contributed by atoms with Crippen molar-refractivity contribution < 1.29 is 38.6 Å². The number of Topliss-reactive ketones (excluding diaryl/α,β-unsaturated/α-hetero) is 1. The molecule has 11 nitrogen and oxygen atoms in total. The number of alkyl carbamates (subject to hydrolysis) is 1. The maximum atomic E-state index is 13.7. The van der Waals surface area contributed by atoms with Crippen molar-refractivity contribution in [2.24, 2.45) is 5.41 Å². The maximum Gasteiger partial charge on any atom is 0.408 e. The topological polar surface area (TPSA) is 160 Å². The number of phenols is 1. The third-order valence-electron chi connectivity index (χ3n) is 6.52. The molecule has 0 heterocycles. The molecule has 3 rings (SSSR count). The van der Waals surface area contributed by atoms with E-state index in [-0.39, 0.29) is 41.4 Å². The Bertz CT molecular complexity index is 1570. The standard InChI is InChI=1S/C35H41N3O8/c1-34(2,3)30(41)26-19-24(39)17-16-23(26)18-28(38-33(44)46-35(4,5)6)32(43)37-27-15-11-10-14-25(27)31(42)36-20-29(40)45-21-22-12-8-7-9-13-22/h7-17,19,28,39H,18,20-21H2,1-6H3,(H,36,42)(H,37,43)(H,38,44)/t28-/m0/s1. The van der Waals surface area contributed by atoms with Crippen molar-refractivity contribution in [1.29, 1.82) is 0 Å². The van der Waals surface area contributed by atoms with E-state index in [1.165, 1.54) is 30.3 Å². The summed E-state index contributed by atoms with van der Waals surface area (Å²) in [7, 11) is 0. The fraction of sp³-hybridized carbons (Fsp3) is 0.343. The average molecular weight is 632 g/mol. The molecule has 3 aromatic carbocycles. The molecule has 0 unspecified atom stereocenters. The summed E-state index contributed by atoms with van der Waals surface area (Å²) in [5, 5.41) is 17.9. The van der Waals surface area contributed by atoms with E-state index in [9.17, 15) is 29.1 Å². The number of para-hydroxylation sites is 1. The summed E-state index contributed by atoms with van der Waals surface area (Å²) >= 11 is 0. The lowest BCUT2D eigenvalue weighted by Crippen LogP contribution is -2.47. The number of amides is 3. The molecule has 0 fully saturated rings. The highest BCUT2D eigenvalue weighted by Gasteiger charge is 2.30. The summed E-state index contributed by atoms with van der Waals surface area (Å²) in [6, 6.07) is 18.2. The minimum atomic E-state index is -1.25. The summed E-state index contributed by atoms with van der Waals surface area (Å²) in [6.07, 6.45) is -1.00. The number of ketones is 1. The maximum absolute atomic E-state index is 13.7. The lowest BCUT2D eigenvalue weighted by Gasteiger charge is -2.25. The monoisotopic (exact) mass is 631 g/mol. The molecule has 11 heteroatoms. The van der Waals surface area contributed by atoms with Crippen LogP contribution in [0.15, 0.2) is 72.8 Å². The lowest BCUT2D eigenvalue weighted by atomic mass is 9.83. The van der Waals surface area contributed by atoms with Crippen molar-refractivity contribution in [2.45, 2.75) is 66.2 Å². The second kappa shape index (κ2) is 15.2. The van der Waals surface area contributed by atoms with Crippen LogP contribution in [0.5, 0.6) is 5.75 Å². The number of hydrogen-bond acceptors (Lipinski definition) is 8. The van der Waals surface area contributed by atoms with Gasteiger partial charge in [-0.25, -0.2) is 4.79 Å². The number of ether oxygens (including phenoxy) is 2. The first-order valence-corrected chi connectivity index (χ1v) is 14.8. The number of hydrogen-bond donors (Lipinski definition) is 4. The van der Waals surface area contributed by atoms with Gasteiger partial charge in [-0.15, -0.1) is 0 Å². The molecule has 0 saturated heterocycles. The number of benzene rings is 3. The summed E-state index contributed by atoms with van der Waals surface area (Å²) in [4.78, 5) is 65.0. The fourth-order valence-corrected chi connectivity index (χ4v) is 4.28. The molecular weight excluding hydrogens is 590 g/mol. The van der Waals surface area contributed by atoms with Crippen LogP contribution in [0, 0.1) is 5.41 Å². The van der Waals surface area contributed by atoms with Crippen LogP contribution >= 0.6 is 0 Å². The minimum absolute atomic E-state index is 0.0539. The number of rotatable bonds is 11. The van der Waals surface area contributed by atoms with Crippen LogP contribution < -0.4 is 16.0 Å². The molecule has 0 aliphatic heterocycles. The fourth-order valence-electron chi connectivity index (χ4n) is 4.28. The van der Waals surface area contributed by atoms with Crippen molar-refractivity contribution in [3.8, 4) is 5.75 Å². The van der Waals surface area contributed by atoms with Crippen LogP contribution in [-0.4, -0.2) is 53.0 Å². The molecule has 3 aromatic rings. The number of carbonyl (C=O) groups is 5. The Morgan fingerprint density at radius 3 is 2.13 bits per heavy atom. The second-order valence-corrected chi connectivity index (χ2v) is 12.7. The van der Waals surface area contributed by atoms with Gasteiger partial charge in [-0.1, -0.05) is 69.3 Å². The summed E-state index contributed by atoms with van der Waals surface area (Å²) in [5.41, 5.74) is -0.0502. The summed E-state index contributed by atoms with van der Waals surface area (Å²) < 4.78 is 10.6. The summed E-state index contributed by atoms with van der Waals surface area (Å²) in [6.45, 7) is 9.88. The predicted octanol–water partition coefficient (Wildman–Crippen LogP) is 5.17.